The van der Waals surface area contributed by atoms with Gasteiger partial charge < -0.3 is 10.1 Å². The highest BCUT2D eigenvalue weighted by Gasteiger charge is 2.18. The smallest absolute Gasteiger partial charge is 0.262 e. The largest absolute Gasteiger partial charge is 0.495 e. The molecule has 2 N–H and O–H groups in total. The fraction of sp³-hybridized carbons (Fsp3) is 0.0833. The summed E-state index contributed by atoms with van der Waals surface area (Å²) >= 11 is 0. The van der Waals surface area contributed by atoms with Gasteiger partial charge in [0.2, 0.25) is 5.91 Å². The molecule has 8 nitrogen and oxygen atoms in total. The number of benzene rings is 3. The zero-order valence-electron chi connectivity index (χ0n) is 18.1. The van der Waals surface area contributed by atoms with Crippen LogP contribution >= 0.6 is 0 Å². The number of carbonyl (C=O) groups is 1. The van der Waals surface area contributed by atoms with Crippen LogP contribution in [0.3, 0.4) is 0 Å². The lowest BCUT2D eigenvalue weighted by Crippen LogP contribution is -2.16. The van der Waals surface area contributed by atoms with Crippen molar-refractivity contribution in [2.45, 2.75) is 11.3 Å². The summed E-state index contributed by atoms with van der Waals surface area (Å²) in [5, 5.41) is 7.03. The van der Waals surface area contributed by atoms with Crippen LogP contribution in [0.4, 0.5) is 15.8 Å². The lowest BCUT2D eigenvalue weighted by Gasteiger charge is -2.14. The van der Waals surface area contributed by atoms with Crippen LogP contribution in [0.25, 0.3) is 5.69 Å². The van der Waals surface area contributed by atoms with Crippen molar-refractivity contribution >= 4 is 27.3 Å². The van der Waals surface area contributed by atoms with Gasteiger partial charge in [0.1, 0.15) is 11.6 Å². The van der Waals surface area contributed by atoms with E-state index in [0.717, 1.165) is 30.0 Å². The van der Waals surface area contributed by atoms with Crippen LogP contribution < -0.4 is 14.8 Å². The normalized spacial score (nSPS) is 11.1. The van der Waals surface area contributed by atoms with Crippen molar-refractivity contribution in [1.82, 2.24) is 9.78 Å². The van der Waals surface area contributed by atoms with E-state index in [1.807, 2.05) is 30.3 Å². The molecule has 174 valence electrons. The number of nitrogens with one attached hydrogen (secondary N) is 2. The highest BCUT2D eigenvalue weighted by Crippen LogP contribution is 2.30. The predicted molar refractivity (Wildman–Crippen MR) is 126 cm³/mol. The van der Waals surface area contributed by atoms with Gasteiger partial charge in [0.05, 0.1) is 36.0 Å². The van der Waals surface area contributed by atoms with Gasteiger partial charge >= 0.3 is 0 Å². The summed E-state index contributed by atoms with van der Waals surface area (Å²) in [7, 11) is -2.60. The lowest BCUT2D eigenvalue weighted by molar-refractivity contribution is -0.115. The Balaban J connectivity index is 1.47. The second-order valence-corrected chi connectivity index (χ2v) is 9.01. The Morgan fingerprint density at radius 3 is 2.50 bits per heavy atom. The monoisotopic (exact) mass is 480 g/mol. The molecular weight excluding hydrogens is 459 g/mol. The van der Waals surface area contributed by atoms with E-state index >= 15 is 0 Å². The van der Waals surface area contributed by atoms with E-state index in [1.165, 1.54) is 19.2 Å². The number of amides is 1. The van der Waals surface area contributed by atoms with Crippen LogP contribution in [0.5, 0.6) is 5.75 Å². The minimum atomic E-state index is -4.00. The first-order chi connectivity index (χ1) is 16.3. The summed E-state index contributed by atoms with van der Waals surface area (Å²) in [4.78, 5) is 12.5. The van der Waals surface area contributed by atoms with Gasteiger partial charge in [-0.1, -0.05) is 18.2 Å². The molecular formula is C24H21FN4O4S. The number of anilines is 2. The van der Waals surface area contributed by atoms with Crippen molar-refractivity contribution in [2.75, 3.05) is 17.1 Å². The molecule has 0 atom stereocenters. The van der Waals surface area contributed by atoms with Gasteiger partial charge in [-0.3, -0.25) is 9.52 Å². The minimum absolute atomic E-state index is 0.0789. The van der Waals surface area contributed by atoms with Crippen molar-refractivity contribution < 1.29 is 22.3 Å². The number of sulfonamides is 1. The maximum absolute atomic E-state index is 13.2. The van der Waals surface area contributed by atoms with Crippen molar-refractivity contribution in [3.05, 3.63) is 96.6 Å². The molecule has 1 aromatic heterocycles. The molecule has 0 radical (unpaired) electrons. The molecule has 0 saturated carbocycles. The highest BCUT2D eigenvalue weighted by atomic mass is 32.2. The number of aromatic nitrogens is 2. The lowest BCUT2D eigenvalue weighted by atomic mass is 10.2. The van der Waals surface area contributed by atoms with Gasteiger partial charge in [-0.15, -0.1) is 0 Å². The van der Waals surface area contributed by atoms with E-state index in [0.29, 0.717) is 11.3 Å². The van der Waals surface area contributed by atoms with Crippen LogP contribution in [0.2, 0.25) is 0 Å². The van der Waals surface area contributed by atoms with E-state index in [2.05, 4.69) is 15.1 Å². The Morgan fingerprint density at radius 2 is 1.79 bits per heavy atom. The van der Waals surface area contributed by atoms with Gasteiger partial charge in [0, 0.05) is 11.9 Å². The molecule has 0 saturated heterocycles. The third kappa shape index (κ3) is 5.41. The first kappa shape index (κ1) is 23.0. The van der Waals surface area contributed by atoms with Crippen LogP contribution in [-0.2, 0) is 21.2 Å². The molecule has 0 aliphatic heterocycles. The molecule has 0 aliphatic rings. The number of methoxy groups -OCH3 is 1. The first-order valence-corrected chi connectivity index (χ1v) is 11.7. The maximum atomic E-state index is 13.2. The Bertz CT molecular complexity index is 1400. The molecule has 34 heavy (non-hydrogen) atoms. The van der Waals surface area contributed by atoms with Crippen molar-refractivity contribution in [1.29, 1.82) is 0 Å². The van der Waals surface area contributed by atoms with Crippen molar-refractivity contribution in [3.8, 4) is 11.4 Å². The van der Waals surface area contributed by atoms with E-state index in [1.54, 1.807) is 23.1 Å². The summed E-state index contributed by atoms with van der Waals surface area (Å²) < 4.78 is 47.9. The Hall–Kier alpha value is -4.18. The molecule has 0 spiro atoms. The van der Waals surface area contributed by atoms with Crippen LogP contribution in [0.15, 0.2) is 90.1 Å². The summed E-state index contributed by atoms with van der Waals surface area (Å²) in [6.07, 6.45) is 3.46. The number of ether oxygens (including phenoxy) is 1. The number of hydrogen-bond donors (Lipinski definition) is 2. The number of hydrogen-bond acceptors (Lipinski definition) is 5. The standard InChI is InChI=1S/C24H21FN4O4S/c1-33-23-12-9-19(14-22(23)28-34(31,32)21-10-7-18(25)8-11-21)27-24(30)13-17-15-26-29(16-17)20-5-3-2-4-6-20/h2-12,14-16,28H,13H2,1H3,(H,27,30). The molecule has 4 rings (SSSR count). The molecule has 10 heteroatoms. The quantitative estimate of drug-likeness (QED) is 0.397. The SMILES string of the molecule is COc1ccc(NC(=O)Cc2cnn(-c3ccccc3)c2)cc1NS(=O)(=O)c1ccc(F)cc1. The van der Waals surface area contributed by atoms with Gasteiger partial charge in [-0.25, -0.2) is 17.5 Å². The Labute approximate surface area is 196 Å². The number of carbonyl (C=O) groups excluding carboxylic acids is 1. The van der Waals surface area contributed by atoms with Gasteiger partial charge in [-0.05, 0) is 60.2 Å². The fourth-order valence-corrected chi connectivity index (χ4v) is 4.31. The summed E-state index contributed by atoms with van der Waals surface area (Å²) in [5.41, 5.74) is 2.09. The van der Waals surface area contributed by atoms with Crippen LogP contribution in [0, 0.1) is 5.82 Å². The van der Waals surface area contributed by atoms with E-state index < -0.39 is 15.8 Å². The molecule has 1 heterocycles. The highest BCUT2D eigenvalue weighted by molar-refractivity contribution is 7.92. The van der Waals surface area contributed by atoms with E-state index in [4.69, 9.17) is 4.74 Å². The molecule has 3 aromatic carbocycles. The average molecular weight is 481 g/mol. The van der Waals surface area contributed by atoms with Gasteiger partial charge in [0.15, 0.2) is 0 Å². The van der Waals surface area contributed by atoms with Crippen LogP contribution in [0.1, 0.15) is 5.56 Å². The second-order valence-electron chi connectivity index (χ2n) is 7.33. The Morgan fingerprint density at radius 1 is 1.06 bits per heavy atom. The molecule has 0 unspecified atom stereocenters. The molecule has 0 bridgehead atoms. The summed E-state index contributed by atoms with van der Waals surface area (Å²) in [6.45, 7) is 0. The zero-order chi connectivity index (χ0) is 24.1. The molecule has 4 aromatic rings. The third-order valence-corrected chi connectivity index (χ3v) is 6.25. The third-order valence-electron chi connectivity index (χ3n) is 4.87. The van der Waals surface area contributed by atoms with E-state index in [-0.39, 0.29) is 28.7 Å². The van der Waals surface area contributed by atoms with Crippen molar-refractivity contribution in [3.63, 3.8) is 0 Å². The van der Waals surface area contributed by atoms with Crippen molar-refractivity contribution in [2.24, 2.45) is 0 Å². The number of para-hydroxylation sites is 1. The van der Waals surface area contributed by atoms with Crippen LogP contribution in [-0.4, -0.2) is 31.2 Å². The number of nitrogens with zero attached hydrogens (tertiary/aromatic N) is 2. The minimum Gasteiger partial charge on any atom is -0.495 e. The van der Waals surface area contributed by atoms with E-state index in [9.17, 15) is 17.6 Å². The molecule has 1 amide bonds. The number of halogens is 1. The second kappa shape index (κ2) is 9.75. The molecule has 0 fully saturated rings. The number of rotatable bonds is 8. The topological polar surface area (TPSA) is 102 Å². The fourth-order valence-electron chi connectivity index (χ4n) is 3.25. The maximum Gasteiger partial charge on any atom is 0.262 e. The predicted octanol–water partition coefficient (Wildman–Crippen LogP) is 4.00. The average Bonchev–Trinajstić information content (AvgIpc) is 3.28. The zero-order valence-corrected chi connectivity index (χ0v) is 18.9. The van der Waals surface area contributed by atoms with Gasteiger partial charge in [0.25, 0.3) is 10.0 Å². The summed E-state index contributed by atoms with van der Waals surface area (Å²) in [5.74, 6) is -0.589. The Kier molecular flexibility index (Phi) is 6.60. The molecule has 0 aliphatic carbocycles. The summed E-state index contributed by atoms with van der Waals surface area (Å²) in [6, 6.07) is 18.5. The van der Waals surface area contributed by atoms with Gasteiger partial charge in [-0.2, -0.15) is 5.10 Å². The first-order valence-electron chi connectivity index (χ1n) is 10.2.